The minimum absolute atomic E-state index is 0.0960. The van der Waals surface area contributed by atoms with Crippen LogP contribution < -0.4 is 15.8 Å². The lowest BCUT2D eigenvalue weighted by molar-refractivity contribution is 0.0993. The van der Waals surface area contributed by atoms with E-state index >= 15 is 0 Å². The molecule has 9 nitrogen and oxygen atoms in total. The quantitative estimate of drug-likeness (QED) is 0.374. The van der Waals surface area contributed by atoms with Crippen molar-refractivity contribution in [2.75, 3.05) is 10.0 Å². The van der Waals surface area contributed by atoms with Gasteiger partial charge in [-0.2, -0.15) is 5.10 Å². The first-order valence-electron chi connectivity index (χ1n) is 9.87. The van der Waals surface area contributed by atoms with Crippen molar-refractivity contribution in [3.05, 3.63) is 102 Å². The molecule has 4 rings (SSSR count). The number of nitrogens with two attached hydrogens (primary N) is 1. The van der Waals surface area contributed by atoms with Crippen LogP contribution in [0.1, 0.15) is 20.8 Å². The zero-order valence-electron chi connectivity index (χ0n) is 17.5. The van der Waals surface area contributed by atoms with Gasteiger partial charge >= 0.3 is 0 Å². The van der Waals surface area contributed by atoms with Crippen LogP contribution in [0, 0.1) is 5.82 Å². The highest BCUT2D eigenvalue weighted by atomic mass is 32.2. The summed E-state index contributed by atoms with van der Waals surface area (Å²) < 4.78 is 42.8. The standard InChI is InChI=1S/C23H18FN5O4S/c24-19-6-1-2-7-20(19)28-34(32,33)18-5-3-4-15(14-18)23(31)26-16-8-10-17(11-9-16)29-13-12-21(27-29)22(25)30/h1-14,28H,(H2,25,30)(H,26,31). The molecule has 0 spiro atoms. The highest BCUT2D eigenvalue weighted by Gasteiger charge is 2.18. The Bertz CT molecular complexity index is 1480. The molecule has 34 heavy (non-hydrogen) atoms. The first kappa shape index (κ1) is 22.7. The molecule has 0 radical (unpaired) electrons. The Hall–Kier alpha value is -4.51. The molecule has 0 aliphatic heterocycles. The SMILES string of the molecule is NC(=O)c1ccn(-c2ccc(NC(=O)c3cccc(S(=O)(=O)Nc4ccccc4F)c3)cc2)n1. The topological polar surface area (TPSA) is 136 Å². The molecule has 0 saturated carbocycles. The zero-order valence-corrected chi connectivity index (χ0v) is 18.3. The summed E-state index contributed by atoms with van der Waals surface area (Å²) in [4.78, 5) is 23.7. The van der Waals surface area contributed by atoms with Crippen LogP contribution in [0.15, 0.2) is 90.0 Å². The van der Waals surface area contributed by atoms with Gasteiger partial charge in [-0.25, -0.2) is 17.5 Å². The van der Waals surface area contributed by atoms with E-state index in [1.165, 1.54) is 53.2 Å². The molecule has 4 N–H and O–H groups in total. The van der Waals surface area contributed by atoms with E-state index in [2.05, 4.69) is 15.1 Å². The first-order chi connectivity index (χ1) is 16.2. The number of benzene rings is 3. The second kappa shape index (κ2) is 9.16. The van der Waals surface area contributed by atoms with Crippen molar-refractivity contribution >= 4 is 33.2 Å². The second-order valence-corrected chi connectivity index (χ2v) is 8.81. The van der Waals surface area contributed by atoms with Crippen molar-refractivity contribution in [3.63, 3.8) is 0 Å². The van der Waals surface area contributed by atoms with Gasteiger partial charge in [0, 0.05) is 17.4 Å². The fraction of sp³-hybridized carbons (Fsp3) is 0. The third-order valence-electron chi connectivity index (χ3n) is 4.76. The third kappa shape index (κ3) is 4.94. The lowest BCUT2D eigenvalue weighted by atomic mass is 10.2. The third-order valence-corrected chi connectivity index (χ3v) is 6.12. The Balaban J connectivity index is 1.49. The predicted molar refractivity (Wildman–Crippen MR) is 124 cm³/mol. The van der Waals surface area contributed by atoms with Crippen LogP contribution in [0.2, 0.25) is 0 Å². The van der Waals surface area contributed by atoms with Crippen molar-refractivity contribution in [2.24, 2.45) is 5.73 Å². The van der Waals surface area contributed by atoms with Gasteiger partial charge in [0.2, 0.25) is 0 Å². The average Bonchev–Trinajstić information content (AvgIpc) is 3.32. The number of nitrogens with zero attached hydrogens (tertiary/aromatic N) is 2. The van der Waals surface area contributed by atoms with Gasteiger partial charge in [-0.15, -0.1) is 0 Å². The number of carbonyl (C=O) groups excluding carboxylic acids is 2. The number of nitrogens with one attached hydrogen (secondary N) is 2. The van der Waals surface area contributed by atoms with Crippen LogP contribution in [0.4, 0.5) is 15.8 Å². The lowest BCUT2D eigenvalue weighted by Crippen LogP contribution is -2.16. The Morgan fingerprint density at radius 2 is 1.68 bits per heavy atom. The van der Waals surface area contributed by atoms with Gasteiger partial charge in [-0.05, 0) is 60.7 Å². The van der Waals surface area contributed by atoms with Crippen molar-refractivity contribution in [3.8, 4) is 5.69 Å². The molecule has 11 heteroatoms. The molecule has 0 aliphatic rings. The number of anilines is 2. The molecule has 0 aliphatic carbocycles. The van der Waals surface area contributed by atoms with E-state index in [1.54, 1.807) is 30.5 Å². The minimum Gasteiger partial charge on any atom is -0.364 e. The van der Waals surface area contributed by atoms with Gasteiger partial charge in [-0.1, -0.05) is 18.2 Å². The Kier molecular flexibility index (Phi) is 6.11. The molecule has 4 aromatic rings. The fourth-order valence-corrected chi connectivity index (χ4v) is 4.16. The Labute approximate surface area is 194 Å². The summed E-state index contributed by atoms with van der Waals surface area (Å²) in [7, 11) is -4.12. The number of primary amides is 1. The predicted octanol–water partition coefficient (Wildman–Crippen LogP) is 3.16. The Morgan fingerprint density at radius 1 is 0.941 bits per heavy atom. The normalized spacial score (nSPS) is 11.1. The Morgan fingerprint density at radius 3 is 2.35 bits per heavy atom. The maximum atomic E-state index is 13.8. The maximum Gasteiger partial charge on any atom is 0.269 e. The zero-order chi connectivity index (χ0) is 24.3. The van der Waals surface area contributed by atoms with Crippen molar-refractivity contribution in [1.29, 1.82) is 0 Å². The smallest absolute Gasteiger partial charge is 0.269 e. The molecular weight excluding hydrogens is 461 g/mol. The molecule has 0 saturated heterocycles. The molecule has 0 atom stereocenters. The summed E-state index contributed by atoms with van der Waals surface area (Å²) in [5.74, 6) is -1.90. The van der Waals surface area contributed by atoms with E-state index in [0.29, 0.717) is 11.4 Å². The molecule has 0 unspecified atom stereocenters. The number of halogens is 1. The van der Waals surface area contributed by atoms with Crippen LogP contribution in [-0.2, 0) is 10.0 Å². The van der Waals surface area contributed by atoms with Gasteiger partial charge in [0.05, 0.1) is 16.3 Å². The van der Waals surface area contributed by atoms with Crippen LogP contribution in [-0.4, -0.2) is 30.0 Å². The highest BCUT2D eigenvalue weighted by molar-refractivity contribution is 7.92. The van der Waals surface area contributed by atoms with Gasteiger partial charge in [0.1, 0.15) is 11.5 Å². The summed E-state index contributed by atoms with van der Waals surface area (Å²) in [6.07, 6.45) is 1.58. The number of sulfonamides is 1. The van der Waals surface area contributed by atoms with Crippen LogP contribution in [0.5, 0.6) is 0 Å². The van der Waals surface area contributed by atoms with E-state index in [4.69, 9.17) is 5.73 Å². The van der Waals surface area contributed by atoms with Crippen LogP contribution >= 0.6 is 0 Å². The van der Waals surface area contributed by atoms with Gasteiger partial charge < -0.3 is 11.1 Å². The number of carbonyl (C=O) groups is 2. The lowest BCUT2D eigenvalue weighted by Gasteiger charge is -2.11. The van der Waals surface area contributed by atoms with Crippen molar-refractivity contribution in [1.82, 2.24) is 9.78 Å². The summed E-state index contributed by atoms with van der Waals surface area (Å²) in [5.41, 5.74) is 6.31. The van der Waals surface area contributed by atoms with Gasteiger partial charge in [0.15, 0.2) is 0 Å². The number of hydrogen-bond donors (Lipinski definition) is 3. The average molecular weight is 479 g/mol. The monoisotopic (exact) mass is 479 g/mol. The summed E-state index contributed by atoms with van der Waals surface area (Å²) in [5, 5.41) is 6.73. The summed E-state index contributed by atoms with van der Waals surface area (Å²) >= 11 is 0. The molecule has 3 aromatic carbocycles. The highest BCUT2D eigenvalue weighted by Crippen LogP contribution is 2.20. The second-order valence-electron chi connectivity index (χ2n) is 7.12. The first-order valence-corrected chi connectivity index (χ1v) is 11.4. The number of para-hydroxylation sites is 1. The summed E-state index contributed by atoms with van der Waals surface area (Å²) in [6, 6.07) is 18.8. The van der Waals surface area contributed by atoms with Gasteiger partial charge in [-0.3, -0.25) is 14.3 Å². The molecule has 1 heterocycles. The molecular formula is C23H18FN5O4S. The number of aromatic nitrogens is 2. The molecule has 172 valence electrons. The summed E-state index contributed by atoms with van der Waals surface area (Å²) in [6.45, 7) is 0. The van der Waals surface area contributed by atoms with Gasteiger partial charge in [0.25, 0.3) is 21.8 Å². The van der Waals surface area contributed by atoms with Crippen LogP contribution in [0.25, 0.3) is 5.69 Å². The molecule has 0 bridgehead atoms. The number of hydrogen-bond acceptors (Lipinski definition) is 5. The minimum atomic E-state index is -4.12. The molecule has 1 aromatic heterocycles. The number of amides is 2. The maximum absolute atomic E-state index is 13.8. The largest absolute Gasteiger partial charge is 0.364 e. The van der Waals surface area contributed by atoms with E-state index in [-0.39, 0.29) is 21.8 Å². The fourth-order valence-electron chi connectivity index (χ4n) is 3.05. The number of rotatable bonds is 7. The molecule has 0 fully saturated rings. The van der Waals surface area contributed by atoms with Crippen molar-refractivity contribution in [2.45, 2.75) is 4.90 Å². The van der Waals surface area contributed by atoms with Crippen molar-refractivity contribution < 1.29 is 22.4 Å². The molecule has 2 amide bonds. The van der Waals surface area contributed by atoms with Crippen LogP contribution in [0.3, 0.4) is 0 Å². The van der Waals surface area contributed by atoms with E-state index in [0.717, 1.165) is 6.07 Å². The van der Waals surface area contributed by atoms with E-state index in [9.17, 15) is 22.4 Å². The van der Waals surface area contributed by atoms with E-state index < -0.39 is 27.7 Å². The van der Waals surface area contributed by atoms with E-state index in [1.807, 2.05) is 0 Å².